The summed E-state index contributed by atoms with van der Waals surface area (Å²) in [5.74, 6) is -0.894. The molecule has 1 heterocycles. The molecule has 0 saturated heterocycles. The second-order valence-corrected chi connectivity index (χ2v) is 6.93. The molecule has 2 N–H and O–H groups in total. The summed E-state index contributed by atoms with van der Waals surface area (Å²) >= 11 is 7.84. The third-order valence-corrected chi connectivity index (χ3v) is 3.99. The number of alkyl halides is 3. The number of carbonyl (C=O) groups is 1. The van der Waals surface area contributed by atoms with E-state index < -0.39 is 23.2 Å². The Morgan fingerprint density at radius 2 is 2.12 bits per heavy atom. The summed E-state index contributed by atoms with van der Waals surface area (Å²) in [6.07, 6.45) is -1.42. The topological polar surface area (TPSA) is 67.1 Å². The zero-order valence-electron chi connectivity index (χ0n) is 12.2. The second kappa shape index (κ2) is 6.89. The van der Waals surface area contributed by atoms with Gasteiger partial charge < -0.3 is 10.4 Å². The summed E-state index contributed by atoms with van der Waals surface area (Å²) in [5, 5.41) is 16.4. The molecule has 10 heteroatoms. The van der Waals surface area contributed by atoms with Crippen LogP contribution in [0.25, 0.3) is 0 Å². The van der Waals surface area contributed by atoms with E-state index >= 15 is 0 Å². The zero-order chi connectivity index (χ0) is 18.1. The molecule has 0 saturated carbocycles. The van der Waals surface area contributed by atoms with Gasteiger partial charge in [-0.05, 0) is 47.7 Å². The first-order valence-electron chi connectivity index (χ1n) is 6.57. The second-order valence-electron chi connectivity index (χ2n) is 5.28. The predicted octanol–water partition coefficient (Wildman–Crippen LogP) is 3.55. The van der Waals surface area contributed by atoms with E-state index in [0.717, 1.165) is 15.7 Å². The Labute approximate surface area is 153 Å². The lowest BCUT2D eigenvalue weighted by Crippen LogP contribution is -2.44. The Morgan fingerprint density at radius 1 is 1.46 bits per heavy atom. The molecule has 0 bridgehead atoms. The fourth-order valence-corrected chi connectivity index (χ4v) is 2.48. The van der Waals surface area contributed by atoms with Crippen molar-refractivity contribution in [2.45, 2.75) is 25.2 Å². The summed E-state index contributed by atoms with van der Waals surface area (Å²) in [6.45, 7) is 1.07. The number of carbonyl (C=O) groups excluding carboxylic acids is 1. The van der Waals surface area contributed by atoms with Crippen molar-refractivity contribution >= 4 is 45.8 Å². The van der Waals surface area contributed by atoms with Crippen LogP contribution >= 0.6 is 34.2 Å². The molecule has 0 fully saturated rings. The van der Waals surface area contributed by atoms with Crippen LogP contribution in [-0.2, 0) is 17.5 Å². The lowest BCUT2D eigenvalue weighted by atomic mass is 10.1. The maximum absolute atomic E-state index is 12.7. The van der Waals surface area contributed by atoms with Gasteiger partial charge in [0.15, 0.2) is 5.60 Å². The molecule has 0 spiro atoms. The molecule has 0 radical (unpaired) electrons. The van der Waals surface area contributed by atoms with E-state index in [2.05, 4.69) is 10.4 Å². The molecular formula is C14H12ClF3IN3O2. The van der Waals surface area contributed by atoms with E-state index in [1.54, 1.807) is 6.20 Å². The highest BCUT2D eigenvalue weighted by molar-refractivity contribution is 14.1. The first-order valence-corrected chi connectivity index (χ1v) is 8.03. The number of aliphatic hydroxyl groups is 1. The van der Waals surface area contributed by atoms with E-state index in [1.807, 2.05) is 22.6 Å². The van der Waals surface area contributed by atoms with Crippen LogP contribution in [0.15, 0.2) is 30.6 Å². The van der Waals surface area contributed by atoms with E-state index in [4.69, 9.17) is 11.6 Å². The molecule has 1 aromatic carbocycles. The Bertz CT molecular complexity index is 762. The van der Waals surface area contributed by atoms with Gasteiger partial charge in [0.2, 0.25) is 0 Å². The first kappa shape index (κ1) is 19.0. The number of aromatic nitrogens is 2. The van der Waals surface area contributed by atoms with Gasteiger partial charge in [0.05, 0.1) is 32.6 Å². The molecule has 0 aliphatic carbocycles. The zero-order valence-corrected chi connectivity index (χ0v) is 15.1. The molecule has 5 nitrogen and oxygen atoms in total. The smallest absolute Gasteiger partial charge is 0.378 e. The van der Waals surface area contributed by atoms with Crippen molar-refractivity contribution in [1.82, 2.24) is 9.78 Å². The molecule has 2 aromatic rings. The SMILES string of the molecule is C[C@](O)(Cn1cc(I)cn1)C(=O)Nc1cc(C(F)(F)F)ccc1Cl. The van der Waals surface area contributed by atoms with Crippen LogP contribution in [-0.4, -0.2) is 26.4 Å². The van der Waals surface area contributed by atoms with Gasteiger partial charge in [-0.25, -0.2) is 0 Å². The molecule has 0 unspecified atom stereocenters. The predicted molar refractivity (Wildman–Crippen MR) is 90.7 cm³/mol. The number of halogens is 5. The number of nitrogens with zero attached hydrogens (tertiary/aromatic N) is 2. The van der Waals surface area contributed by atoms with Gasteiger partial charge >= 0.3 is 6.18 Å². The summed E-state index contributed by atoms with van der Waals surface area (Å²) in [4.78, 5) is 12.2. The Morgan fingerprint density at radius 3 is 2.67 bits per heavy atom. The van der Waals surface area contributed by atoms with Gasteiger partial charge in [0, 0.05) is 6.20 Å². The van der Waals surface area contributed by atoms with Crippen molar-refractivity contribution in [3.63, 3.8) is 0 Å². The van der Waals surface area contributed by atoms with Gasteiger partial charge in [-0.3, -0.25) is 9.48 Å². The number of amides is 1. The maximum atomic E-state index is 12.7. The molecular weight excluding hydrogens is 462 g/mol. The standard InChI is InChI=1S/C14H12ClF3IN3O2/c1-13(24,7-22-6-9(19)5-20-22)12(23)21-11-4-8(14(16,17)18)2-3-10(11)15/h2-6,24H,7H2,1H3,(H,21,23)/t13-/m0/s1. The molecule has 1 amide bonds. The molecule has 1 atom stereocenters. The van der Waals surface area contributed by atoms with Crippen molar-refractivity contribution in [3.8, 4) is 0 Å². The van der Waals surface area contributed by atoms with E-state index in [1.165, 1.54) is 17.8 Å². The Hall–Kier alpha value is -1.33. The number of nitrogens with one attached hydrogen (secondary N) is 1. The van der Waals surface area contributed by atoms with Crippen LogP contribution in [0.2, 0.25) is 5.02 Å². The normalized spacial score (nSPS) is 14.3. The lowest BCUT2D eigenvalue weighted by Gasteiger charge is -2.23. The third-order valence-electron chi connectivity index (χ3n) is 3.10. The molecule has 130 valence electrons. The largest absolute Gasteiger partial charge is 0.416 e. The Kier molecular flexibility index (Phi) is 5.45. The third kappa shape index (κ3) is 4.61. The van der Waals surface area contributed by atoms with Gasteiger partial charge in [0.25, 0.3) is 5.91 Å². The van der Waals surface area contributed by atoms with Crippen LogP contribution in [0.4, 0.5) is 18.9 Å². The van der Waals surface area contributed by atoms with Crippen molar-refractivity contribution in [2.75, 3.05) is 5.32 Å². The number of hydrogen-bond donors (Lipinski definition) is 2. The van der Waals surface area contributed by atoms with Gasteiger partial charge in [0.1, 0.15) is 0 Å². The van der Waals surface area contributed by atoms with Crippen LogP contribution < -0.4 is 5.32 Å². The van der Waals surface area contributed by atoms with E-state index in [9.17, 15) is 23.1 Å². The highest BCUT2D eigenvalue weighted by Gasteiger charge is 2.34. The average Bonchev–Trinajstić information content (AvgIpc) is 2.84. The molecule has 24 heavy (non-hydrogen) atoms. The van der Waals surface area contributed by atoms with Crippen LogP contribution in [0, 0.1) is 3.57 Å². The minimum Gasteiger partial charge on any atom is -0.378 e. The molecule has 0 aliphatic heterocycles. The minimum absolute atomic E-state index is 0.0687. The fourth-order valence-electron chi connectivity index (χ4n) is 1.87. The van der Waals surface area contributed by atoms with Gasteiger partial charge in [-0.1, -0.05) is 11.6 Å². The highest BCUT2D eigenvalue weighted by Crippen LogP contribution is 2.34. The number of benzene rings is 1. The van der Waals surface area contributed by atoms with Crippen LogP contribution in [0.1, 0.15) is 12.5 Å². The highest BCUT2D eigenvalue weighted by atomic mass is 127. The maximum Gasteiger partial charge on any atom is 0.416 e. The summed E-state index contributed by atoms with van der Waals surface area (Å²) in [5.41, 5.74) is -3.08. The monoisotopic (exact) mass is 473 g/mol. The van der Waals surface area contributed by atoms with Crippen molar-refractivity contribution in [3.05, 3.63) is 44.7 Å². The molecule has 2 rings (SSSR count). The number of rotatable bonds is 4. The Balaban J connectivity index is 2.19. The summed E-state index contributed by atoms with van der Waals surface area (Å²) < 4.78 is 40.4. The summed E-state index contributed by atoms with van der Waals surface area (Å²) in [7, 11) is 0. The average molecular weight is 474 g/mol. The van der Waals surface area contributed by atoms with Crippen LogP contribution in [0.3, 0.4) is 0 Å². The van der Waals surface area contributed by atoms with E-state index in [0.29, 0.717) is 6.07 Å². The van der Waals surface area contributed by atoms with Crippen molar-refractivity contribution < 1.29 is 23.1 Å². The van der Waals surface area contributed by atoms with Crippen molar-refractivity contribution in [2.24, 2.45) is 0 Å². The first-order chi connectivity index (χ1) is 11.0. The van der Waals surface area contributed by atoms with E-state index in [-0.39, 0.29) is 17.3 Å². The minimum atomic E-state index is -4.57. The van der Waals surface area contributed by atoms with Crippen LogP contribution in [0.5, 0.6) is 0 Å². The van der Waals surface area contributed by atoms with Gasteiger partial charge in [-0.2, -0.15) is 18.3 Å². The number of anilines is 1. The molecule has 1 aromatic heterocycles. The fraction of sp³-hybridized carbons (Fsp3) is 0.286. The lowest BCUT2D eigenvalue weighted by molar-refractivity contribution is -0.137. The summed E-state index contributed by atoms with van der Waals surface area (Å²) in [6, 6.07) is 2.56. The van der Waals surface area contributed by atoms with Crippen molar-refractivity contribution in [1.29, 1.82) is 0 Å². The van der Waals surface area contributed by atoms with Gasteiger partial charge in [-0.15, -0.1) is 0 Å². The quantitative estimate of drug-likeness (QED) is 0.668. The number of hydrogen-bond acceptors (Lipinski definition) is 3. The molecule has 0 aliphatic rings.